The largest absolute Gasteiger partial charge is 0.368 e. The van der Waals surface area contributed by atoms with Gasteiger partial charge in [-0.05, 0) is 30.2 Å². The number of hydrogen-bond acceptors (Lipinski definition) is 5. The summed E-state index contributed by atoms with van der Waals surface area (Å²) in [5.74, 6) is -0.442. The standard InChI is InChI=1S/C20H19ClN6O2/c1-12(18(22)28)27-19(23-24-20(27)29)26-11-16(13-5-3-2-4-6-13)17(25-26)14-7-9-15(21)10-8-14/h2-10,12,16H,11H2,1H3,(H2,22,28)(H,24,29)/t12-,16-/m0/s1. The molecule has 2 aromatic carbocycles. The van der Waals surface area contributed by atoms with Crippen LogP contribution in [0.2, 0.25) is 5.02 Å². The van der Waals surface area contributed by atoms with E-state index in [9.17, 15) is 9.59 Å². The highest BCUT2D eigenvalue weighted by Crippen LogP contribution is 2.31. The van der Waals surface area contributed by atoms with E-state index in [1.807, 2.05) is 54.6 Å². The SMILES string of the molecule is C[C@@H](C(N)=O)n1c(N2C[C@@H](c3ccccc3)C(c3ccc(Cl)cc3)=N2)n[nH]c1=O. The second kappa shape index (κ2) is 7.56. The van der Waals surface area contributed by atoms with Crippen LogP contribution in [0.3, 0.4) is 0 Å². The van der Waals surface area contributed by atoms with Gasteiger partial charge in [-0.1, -0.05) is 54.1 Å². The minimum atomic E-state index is -0.860. The number of aromatic nitrogens is 3. The summed E-state index contributed by atoms with van der Waals surface area (Å²) in [5.41, 5.74) is 7.71. The van der Waals surface area contributed by atoms with Gasteiger partial charge < -0.3 is 5.73 Å². The van der Waals surface area contributed by atoms with E-state index in [1.54, 1.807) is 11.9 Å². The molecule has 29 heavy (non-hydrogen) atoms. The van der Waals surface area contributed by atoms with E-state index in [0.717, 1.165) is 16.8 Å². The number of primary amides is 1. The molecule has 3 N–H and O–H groups in total. The zero-order valence-corrected chi connectivity index (χ0v) is 16.4. The molecule has 2 atom stereocenters. The molecule has 1 aliphatic rings. The number of nitrogens with two attached hydrogens (primary N) is 1. The van der Waals surface area contributed by atoms with E-state index in [2.05, 4.69) is 10.2 Å². The molecule has 0 saturated carbocycles. The van der Waals surface area contributed by atoms with Crippen molar-refractivity contribution >= 4 is 29.2 Å². The fraction of sp³-hybridized carbons (Fsp3) is 0.200. The molecule has 9 heteroatoms. The van der Waals surface area contributed by atoms with Gasteiger partial charge in [0.25, 0.3) is 0 Å². The third kappa shape index (κ3) is 3.54. The van der Waals surface area contributed by atoms with Gasteiger partial charge in [-0.2, -0.15) is 5.10 Å². The predicted molar refractivity (Wildman–Crippen MR) is 111 cm³/mol. The lowest BCUT2D eigenvalue weighted by atomic mass is 9.91. The number of carbonyl (C=O) groups excluding carboxylic acids is 1. The molecule has 2 heterocycles. The molecule has 0 saturated heterocycles. The lowest BCUT2D eigenvalue weighted by molar-refractivity contribution is -0.120. The summed E-state index contributed by atoms with van der Waals surface area (Å²) in [6.07, 6.45) is 0. The van der Waals surface area contributed by atoms with Crippen LogP contribution < -0.4 is 16.4 Å². The van der Waals surface area contributed by atoms with Gasteiger partial charge >= 0.3 is 5.69 Å². The van der Waals surface area contributed by atoms with Crippen molar-refractivity contribution in [3.63, 3.8) is 0 Å². The van der Waals surface area contributed by atoms with Gasteiger partial charge in [0.15, 0.2) is 0 Å². The highest BCUT2D eigenvalue weighted by atomic mass is 35.5. The van der Waals surface area contributed by atoms with E-state index in [4.69, 9.17) is 22.4 Å². The number of anilines is 1. The maximum absolute atomic E-state index is 12.2. The minimum absolute atomic E-state index is 0.0542. The number of nitrogens with zero attached hydrogens (tertiary/aromatic N) is 4. The number of H-pyrrole nitrogens is 1. The molecule has 148 valence electrons. The second-order valence-corrected chi connectivity index (χ2v) is 7.25. The molecule has 0 radical (unpaired) electrons. The first kappa shape index (κ1) is 18.9. The zero-order chi connectivity index (χ0) is 20.5. The molecule has 0 spiro atoms. The number of rotatable bonds is 5. The number of hydrazone groups is 1. The van der Waals surface area contributed by atoms with Crippen molar-refractivity contribution in [3.05, 3.63) is 81.2 Å². The average molecular weight is 411 g/mol. The Hall–Kier alpha value is -3.39. The lowest BCUT2D eigenvalue weighted by Crippen LogP contribution is -2.33. The Balaban J connectivity index is 1.80. The Labute approximate surface area is 171 Å². The van der Waals surface area contributed by atoms with Crippen molar-refractivity contribution in [3.8, 4) is 0 Å². The Kier molecular flexibility index (Phi) is 4.94. The Bertz CT molecular complexity index is 1120. The van der Waals surface area contributed by atoms with E-state index >= 15 is 0 Å². The van der Waals surface area contributed by atoms with Crippen LogP contribution in [0.15, 0.2) is 64.5 Å². The van der Waals surface area contributed by atoms with Crippen molar-refractivity contribution < 1.29 is 4.79 Å². The maximum atomic E-state index is 12.2. The maximum Gasteiger partial charge on any atom is 0.345 e. The number of amides is 1. The van der Waals surface area contributed by atoms with Crippen LogP contribution in [0.5, 0.6) is 0 Å². The van der Waals surface area contributed by atoms with Crippen molar-refractivity contribution in [1.82, 2.24) is 14.8 Å². The van der Waals surface area contributed by atoms with E-state index in [0.29, 0.717) is 11.6 Å². The van der Waals surface area contributed by atoms with Gasteiger partial charge in [0, 0.05) is 10.9 Å². The number of nitrogens with one attached hydrogen (secondary N) is 1. The number of hydrogen-bond donors (Lipinski definition) is 2. The van der Waals surface area contributed by atoms with Crippen molar-refractivity contribution in [2.45, 2.75) is 18.9 Å². The average Bonchev–Trinajstić information content (AvgIpc) is 3.32. The molecular weight excluding hydrogens is 392 g/mol. The minimum Gasteiger partial charge on any atom is -0.368 e. The van der Waals surface area contributed by atoms with Crippen molar-refractivity contribution in [1.29, 1.82) is 0 Å². The van der Waals surface area contributed by atoms with Crippen LogP contribution in [0, 0.1) is 0 Å². The highest BCUT2D eigenvalue weighted by Gasteiger charge is 2.33. The van der Waals surface area contributed by atoms with Crippen LogP contribution in [0.25, 0.3) is 0 Å². The molecule has 3 aromatic rings. The summed E-state index contributed by atoms with van der Waals surface area (Å²) in [6.45, 7) is 2.01. The summed E-state index contributed by atoms with van der Waals surface area (Å²) < 4.78 is 1.22. The molecule has 1 aromatic heterocycles. The third-order valence-electron chi connectivity index (χ3n) is 4.97. The molecule has 0 fully saturated rings. The number of aromatic amines is 1. The molecule has 0 unspecified atom stereocenters. The first-order valence-corrected chi connectivity index (χ1v) is 9.46. The predicted octanol–water partition coefficient (Wildman–Crippen LogP) is 2.28. The van der Waals surface area contributed by atoms with Crippen LogP contribution >= 0.6 is 11.6 Å². The van der Waals surface area contributed by atoms with Gasteiger partial charge in [-0.3, -0.25) is 4.79 Å². The highest BCUT2D eigenvalue weighted by molar-refractivity contribution is 6.30. The summed E-state index contributed by atoms with van der Waals surface area (Å²) in [6, 6.07) is 16.5. The van der Waals surface area contributed by atoms with Crippen LogP contribution in [-0.4, -0.2) is 32.9 Å². The van der Waals surface area contributed by atoms with E-state index < -0.39 is 17.6 Å². The lowest BCUT2D eigenvalue weighted by Gasteiger charge is -2.18. The molecule has 0 bridgehead atoms. The molecule has 1 amide bonds. The summed E-state index contributed by atoms with van der Waals surface area (Å²) >= 11 is 6.04. The number of benzene rings is 2. The van der Waals surface area contributed by atoms with Crippen LogP contribution in [0.4, 0.5) is 5.95 Å². The molecule has 4 rings (SSSR count). The molecule has 0 aliphatic carbocycles. The fourth-order valence-electron chi connectivity index (χ4n) is 3.41. The molecular formula is C20H19ClN6O2. The first-order valence-electron chi connectivity index (χ1n) is 9.09. The van der Waals surface area contributed by atoms with Crippen LogP contribution in [-0.2, 0) is 4.79 Å². The molecule has 1 aliphatic heterocycles. The van der Waals surface area contributed by atoms with Gasteiger partial charge in [-0.25, -0.2) is 19.5 Å². The summed E-state index contributed by atoms with van der Waals surface area (Å²) in [7, 11) is 0. The number of halogens is 1. The van der Waals surface area contributed by atoms with E-state index in [1.165, 1.54) is 4.57 Å². The second-order valence-electron chi connectivity index (χ2n) is 6.81. The quantitative estimate of drug-likeness (QED) is 0.672. The smallest absolute Gasteiger partial charge is 0.345 e. The van der Waals surface area contributed by atoms with E-state index in [-0.39, 0.29) is 11.9 Å². The van der Waals surface area contributed by atoms with Gasteiger partial charge in [0.2, 0.25) is 11.9 Å². The third-order valence-corrected chi connectivity index (χ3v) is 5.22. The topological polar surface area (TPSA) is 109 Å². The van der Waals surface area contributed by atoms with Crippen molar-refractivity contribution in [2.24, 2.45) is 10.8 Å². The fourth-order valence-corrected chi connectivity index (χ4v) is 3.54. The van der Waals surface area contributed by atoms with Gasteiger partial charge in [0.05, 0.1) is 12.3 Å². The Morgan fingerprint density at radius 3 is 2.55 bits per heavy atom. The Morgan fingerprint density at radius 1 is 1.21 bits per heavy atom. The monoisotopic (exact) mass is 410 g/mol. The summed E-state index contributed by atoms with van der Waals surface area (Å²) in [4.78, 5) is 23.9. The number of carbonyl (C=O) groups is 1. The van der Waals surface area contributed by atoms with Gasteiger partial charge in [-0.15, -0.1) is 5.10 Å². The first-order chi connectivity index (χ1) is 14.0. The van der Waals surface area contributed by atoms with Crippen molar-refractivity contribution in [2.75, 3.05) is 11.6 Å². The Morgan fingerprint density at radius 2 is 1.90 bits per heavy atom. The normalized spacial score (nSPS) is 17.2. The zero-order valence-electron chi connectivity index (χ0n) is 15.6. The van der Waals surface area contributed by atoms with Crippen LogP contribution in [0.1, 0.15) is 30.0 Å². The van der Waals surface area contributed by atoms with Gasteiger partial charge in [0.1, 0.15) is 6.04 Å². The summed E-state index contributed by atoms with van der Waals surface area (Å²) in [5, 5.41) is 13.5. The molecule has 8 nitrogen and oxygen atoms in total.